The van der Waals surface area contributed by atoms with Crippen molar-refractivity contribution in [2.75, 3.05) is 45.9 Å². The molecule has 1 aliphatic heterocycles. The second-order valence-electron chi connectivity index (χ2n) is 5.50. The fourth-order valence-corrected chi connectivity index (χ4v) is 2.47. The van der Waals surface area contributed by atoms with Gasteiger partial charge in [-0.15, -0.1) is 0 Å². The number of carbonyl (C=O) groups is 1. The predicted molar refractivity (Wildman–Crippen MR) is 81.5 cm³/mol. The molecule has 0 aliphatic carbocycles. The number of benzene rings is 1. The molecule has 1 aliphatic rings. The fraction of sp³-hybridized carbons (Fsp3) is 0.562. The average Bonchev–Trinajstić information content (AvgIpc) is 2.50. The summed E-state index contributed by atoms with van der Waals surface area (Å²) in [6, 6.07) is 6.22. The summed E-state index contributed by atoms with van der Waals surface area (Å²) in [7, 11) is 0. The maximum absolute atomic E-state index is 11.4. The van der Waals surface area contributed by atoms with Crippen LogP contribution in [0.4, 0.5) is 0 Å². The van der Waals surface area contributed by atoms with Crippen LogP contribution in [0.1, 0.15) is 11.1 Å². The number of ether oxygens (including phenoxy) is 1. The number of nitrogens with zero attached hydrogens (tertiary/aromatic N) is 2. The van der Waals surface area contributed by atoms with Crippen LogP contribution in [0.15, 0.2) is 18.2 Å². The Morgan fingerprint density at radius 3 is 2.62 bits per heavy atom. The van der Waals surface area contributed by atoms with Crippen molar-refractivity contribution in [3.05, 3.63) is 29.3 Å². The summed E-state index contributed by atoms with van der Waals surface area (Å²) < 4.78 is 5.85. The van der Waals surface area contributed by atoms with E-state index in [4.69, 9.17) is 9.84 Å². The Hall–Kier alpha value is -1.59. The molecule has 21 heavy (non-hydrogen) atoms. The molecule has 1 aromatic rings. The van der Waals surface area contributed by atoms with Crippen LogP contribution in [0.5, 0.6) is 5.75 Å². The first-order valence-electron chi connectivity index (χ1n) is 7.41. The lowest BCUT2D eigenvalue weighted by molar-refractivity contribution is -0.135. The lowest BCUT2D eigenvalue weighted by Crippen LogP contribution is -2.50. The van der Waals surface area contributed by atoms with E-state index < -0.39 is 6.61 Å². The third-order valence-corrected chi connectivity index (χ3v) is 3.87. The van der Waals surface area contributed by atoms with E-state index in [1.807, 2.05) is 6.92 Å². The van der Waals surface area contributed by atoms with Gasteiger partial charge in [0.2, 0.25) is 5.91 Å². The molecular formula is C16H24N2O3. The summed E-state index contributed by atoms with van der Waals surface area (Å²) in [5.74, 6) is 0.769. The highest BCUT2D eigenvalue weighted by atomic mass is 16.5. The molecule has 0 radical (unpaired) electrons. The molecule has 1 aromatic carbocycles. The summed E-state index contributed by atoms with van der Waals surface area (Å²) >= 11 is 0. The van der Waals surface area contributed by atoms with Crippen LogP contribution in [0.3, 0.4) is 0 Å². The average molecular weight is 292 g/mol. The van der Waals surface area contributed by atoms with Crippen molar-refractivity contribution in [3.8, 4) is 5.75 Å². The number of carbonyl (C=O) groups excluding carboxylic acids is 1. The Kier molecular flexibility index (Phi) is 5.59. The third-order valence-electron chi connectivity index (χ3n) is 3.87. The summed E-state index contributed by atoms with van der Waals surface area (Å²) in [4.78, 5) is 15.4. The van der Waals surface area contributed by atoms with Crippen molar-refractivity contribution < 1.29 is 14.6 Å². The molecule has 5 heteroatoms. The topological polar surface area (TPSA) is 53.0 Å². The molecule has 0 saturated carbocycles. The van der Waals surface area contributed by atoms with Crippen molar-refractivity contribution in [2.45, 2.75) is 13.8 Å². The van der Waals surface area contributed by atoms with E-state index in [0.717, 1.165) is 30.9 Å². The zero-order chi connectivity index (χ0) is 15.2. The Labute approximate surface area is 126 Å². The van der Waals surface area contributed by atoms with Crippen LogP contribution in [0, 0.1) is 13.8 Å². The van der Waals surface area contributed by atoms with E-state index in [9.17, 15) is 4.79 Å². The highest BCUT2D eigenvalue weighted by molar-refractivity contribution is 5.77. The molecule has 5 nitrogen and oxygen atoms in total. The maximum Gasteiger partial charge on any atom is 0.248 e. The van der Waals surface area contributed by atoms with Gasteiger partial charge in [0.1, 0.15) is 19.0 Å². The van der Waals surface area contributed by atoms with Crippen molar-refractivity contribution in [2.24, 2.45) is 0 Å². The summed E-state index contributed by atoms with van der Waals surface area (Å²) in [6.07, 6.45) is 0. The number of aliphatic hydroxyl groups is 1. The Morgan fingerprint density at radius 2 is 1.95 bits per heavy atom. The van der Waals surface area contributed by atoms with Gasteiger partial charge in [0.25, 0.3) is 0 Å². The highest BCUT2D eigenvalue weighted by Gasteiger charge is 2.20. The number of amides is 1. The largest absolute Gasteiger partial charge is 0.492 e. The first kappa shape index (κ1) is 15.8. The molecule has 0 atom stereocenters. The van der Waals surface area contributed by atoms with E-state index in [1.54, 1.807) is 4.90 Å². The zero-order valence-electron chi connectivity index (χ0n) is 12.8. The standard InChI is InChI=1S/C16H24N2O3/c1-13-3-4-14(2)15(11-13)21-10-9-17-5-7-18(8-6-17)16(20)12-19/h3-4,11,19H,5-10,12H2,1-2H3. The zero-order valence-corrected chi connectivity index (χ0v) is 12.8. The number of aliphatic hydroxyl groups excluding tert-OH is 1. The number of aryl methyl sites for hydroxylation is 2. The number of hydrogen-bond donors (Lipinski definition) is 1. The second-order valence-corrected chi connectivity index (χ2v) is 5.50. The molecule has 1 heterocycles. The summed E-state index contributed by atoms with van der Waals surface area (Å²) in [6.45, 7) is 8.26. The number of rotatable bonds is 5. The SMILES string of the molecule is Cc1ccc(C)c(OCCN2CCN(C(=O)CO)CC2)c1. The maximum atomic E-state index is 11.4. The molecular weight excluding hydrogens is 268 g/mol. The minimum Gasteiger partial charge on any atom is -0.492 e. The fourth-order valence-electron chi connectivity index (χ4n) is 2.47. The van der Waals surface area contributed by atoms with Gasteiger partial charge in [0.05, 0.1) is 0 Å². The summed E-state index contributed by atoms with van der Waals surface area (Å²) in [5, 5.41) is 8.84. The van der Waals surface area contributed by atoms with Gasteiger partial charge >= 0.3 is 0 Å². The lowest BCUT2D eigenvalue weighted by atomic mass is 10.1. The molecule has 0 unspecified atom stereocenters. The van der Waals surface area contributed by atoms with Gasteiger partial charge in [-0.3, -0.25) is 9.69 Å². The molecule has 1 saturated heterocycles. The van der Waals surface area contributed by atoms with Crippen molar-refractivity contribution in [3.63, 3.8) is 0 Å². The van der Waals surface area contributed by atoms with Crippen LogP contribution in [-0.2, 0) is 4.79 Å². The normalized spacial score (nSPS) is 16.0. The quantitative estimate of drug-likeness (QED) is 0.873. The summed E-state index contributed by atoms with van der Waals surface area (Å²) in [5.41, 5.74) is 2.35. The Bertz CT molecular complexity index is 482. The van der Waals surface area contributed by atoms with Crippen LogP contribution < -0.4 is 4.74 Å². The van der Waals surface area contributed by atoms with Gasteiger partial charge in [-0.1, -0.05) is 12.1 Å². The van der Waals surface area contributed by atoms with Crippen LogP contribution in [0.25, 0.3) is 0 Å². The smallest absolute Gasteiger partial charge is 0.248 e. The number of piperazine rings is 1. The molecule has 0 bridgehead atoms. The Morgan fingerprint density at radius 1 is 1.24 bits per heavy atom. The van der Waals surface area contributed by atoms with Gasteiger partial charge in [0.15, 0.2) is 0 Å². The van der Waals surface area contributed by atoms with Crippen LogP contribution in [0.2, 0.25) is 0 Å². The first-order valence-corrected chi connectivity index (χ1v) is 7.41. The van der Waals surface area contributed by atoms with Crippen molar-refractivity contribution >= 4 is 5.91 Å². The van der Waals surface area contributed by atoms with Gasteiger partial charge < -0.3 is 14.7 Å². The van der Waals surface area contributed by atoms with Gasteiger partial charge in [-0.25, -0.2) is 0 Å². The molecule has 1 N–H and O–H groups in total. The van der Waals surface area contributed by atoms with E-state index in [-0.39, 0.29) is 5.91 Å². The predicted octanol–water partition coefficient (Wildman–Crippen LogP) is 0.819. The monoisotopic (exact) mass is 292 g/mol. The second kappa shape index (κ2) is 7.43. The van der Waals surface area contributed by atoms with Crippen molar-refractivity contribution in [1.29, 1.82) is 0 Å². The van der Waals surface area contributed by atoms with E-state index in [0.29, 0.717) is 19.7 Å². The molecule has 116 valence electrons. The minimum atomic E-state index is -0.393. The minimum absolute atomic E-state index is 0.179. The van der Waals surface area contributed by atoms with E-state index in [1.165, 1.54) is 5.56 Å². The third kappa shape index (κ3) is 4.44. The van der Waals surface area contributed by atoms with Crippen LogP contribution in [-0.4, -0.2) is 66.8 Å². The molecule has 0 aromatic heterocycles. The number of hydrogen-bond acceptors (Lipinski definition) is 4. The lowest BCUT2D eigenvalue weighted by Gasteiger charge is -2.34. The van der Waals surface area contributed by atoms with E-state index in [2.05, 4.69) is 30.0 Å². The molecule has 1 fully saturated rings. The first-order chi connectivity index (χ1) is 10.1. The van der Waals surface area contributed by atoms with Crippen molar-refractivity contribution in [1.82, 2.24) is 9.80 Å². The van der Waals surface area contributed by atoms with Gasteiger partial charge in [0, 0.05) is 32.7 Å². The van der Waals surface area contributed by atoms with E-state index >= 15 is 0 Å². The molecule has 0 spiro atoms. The molecule has 1 amide bonds. The van der Waals surface area contributed by atoms with Gasteiger partial charge in [-0.05, 0) is 31.0 Å². The Balaban J connectivity index is 1.73. The van der Waals surface area contributed by atoms with Gasteiger partial charge in [-0.2, -0.15) is 0 Å². The molecule has 2 rings (SSSR count). The highest BCUT2D eigenvalue weighted by Crippen LogP contribution is 2.19. The van der Waals surface area contributed by atoms with Crippen LogP contribution >= 0.6 is 0 Å².